The van der Waals surface area contributed by atoms with Crippen LogP contribution in [0.2, 0.25) is 0 Å². The van der Waals surface area contributed by atoms with E-state index in [1.54, 1.807) is 11.8 Å². The van der Waals surface area contributed by atoms with E-state index in [9.17, 15) is 19.3 Å². The molecule has 6 nitrogen and oxygen atoms in total. The van der Waals surface area contributed by atoms with Gasteiger partial charge in [-0.15, -0.1) is 0 Å². The first kappa shape index (κ1) is 17.2. The summed E-state index contributed by atoms with van der Waals surface area (Å²) in [5, 5.41) is 16.1. The minimum Gasteiger partial charge on any atom is -0.386 e. The van der Waals surface area contributed by atoms with Gasteiger partial charge in [-0.3, -0.25) is 14.9 Å². The zero-order valence-electron chi connectivity index (χ0n) is 11.9. The molecule has 1 aromatic carbocycles. The van der Waals surface area contributed by atoms with Crippen LogP contribution in [0.15, 0.2) is 12.1 Å². The van der Waals surface area contributed by atoms with Gasteiger partial charge in [-0.05, 0) is 30.9 Å². The van der Waals surface area contributed by atoms with Gasteiger partial charge in [0.05, 0.1) is 16.7 Å². The summed E-state index contributed by atoms with van der Waals surface area (Å²) in [4.78, 5) is 22.2. The number of carbonyl (C=O) groups excluding carboxylic acids is 1. The molecule has 1 aromatic rings. The van der Waals surface area contributed by atoms with E-state index < -0.39 is 22.3 Å². The topological polar surface area (TPSA) is 84.3 Å². The summed E-state index contributed by atoms with van der Waals surface area (Å²) in [5.41, 5.74) is -0.628. The summed E-state index contributed by atoms with van der Waals surface area (Å²) < 4.78 is 13.5. The molecule has 0 spiro atoms. The van der Waals surface area contributed by atoms with Gasteiger partial charge < -0.3 is 10.6 Å². The summed E-state index contributed by atoms with van der Waals surface area (Å²) >= 11 is 1.72. The fourth-order valence-electron chi connectivity index (χ4n) is 1.76. The lowest BCUT2D eigenvalue weighted by atomic mass is 10.1. The maximum absolute atomic E-state index is 13.5. The third-order valence-corrected chi connectivity index (χ3v) is 3.55. The van der Waals surface area contributed by atoms with Gasteiger partial charge in [0.25, 0.3) is 11.6 Å². The van der Waals surface area contributed by atoms with Crippen LogP contribution in [0.5, 0.6) is 0 Å². The van der Waals surface area contributed by atoms with E-state index in [2.05, 4.69) is 10.6 Å². The molecule has 0 aliphatic rings. The van der Waals surface area contributed by atoms with Gasteiger partial charge in [0.2, 0.25) is 0 Å². The fraction of sp³-hybridized carbons (Fsp3) is 0.462. The van der Waals surface area contributed by atoms with Crippen LogP contribution in [0, 0.1) is 15.9 Å². The molecule has 2 N–H and O–H groups in total. The molecule has 0 heterocycles. The van der Waals surface area contributed by atoms with Crippen molar-refractivity contribution in [1.82, 2.24) is 5.32 Å². The van der Waals surface area contributed by atoms with Gasteiger partial charge in [-0.25, -0.2) is 4.39 Å². The van der Waals surface area contributed by atoms with Gasteiger partial charge in [-0.2, -0.15) is 11.8 Å². The van der Waals surface area contributed by atoms with Crippen molar-refractivity contribution in [3.8, 4) is 0 Å². The highest BCUT2D eigenvalue weighted by Crippen LogP contribution is 2.25. The Balaban J connectivity index is 2.84. The van der Waals surface area contributed by atoms with Crippen LogP contribution < -0.4 is 10.6 Å². The molecule has 0 unspecified atom stereocenters. The van der Waals surface area contributed by atoms with Crippen LogP contribution in [-0.4, -0.2) is 36.4 Å². The molecule has 0 atom stereocenters. The van der Waals surface area contributed by atoms with Crippen molar-refractivity contribution in [2.24, 2.45) is 0 Å². The van der Waals surface area contributed by atoms with Crippen molar-refractivity contribution in [2.45, 2.75) is 12.8 Å². The average molecular weight is 315 g/mol. The summed E-state index contributed by atoms with van der Waals surface area (Å²) in [6.07, 6.45) is 3.74. The van der Waals surface area contributed by atoms with Crippen LogP contribution in [0.3, 0.4) is 0 Å². The Kier molecular flexibility index (Phi) is 6.93. The number of nitro benzene ring substituents is 1. The second kappa shape index (κ2) is 8.46. The summed E-state index contributed by atoms with van der Waals surface area (Å²) in [5.74, 6) is -0.334. The van der Waals surface area contributed by atoms with E-state index in [0.717, 1.165) is 30.7 Å². The lowest BCUT2D eigenvalue weighted by Gasteiger charge is -2.08. The van der Waals surface area contributed by atoms with Gasteiger partial charge in [0.15, 0.2) is 5.82 Å². The molecular weight excluding hydrogens is 297 g/mol. The number of hydrogen-bond donors (Lipinski definition) is 2. The Morgan fingerprint density at radius 3 is 2.71 bits per heavy atom. The number of nitrogens with one attached hydrogen (secondary N) is 2. The second-order valence-electron chi connectivity index (χ2n) is 4.31. The maximum Gasteiger partial charge on any atom is 0.285 e. The lowest BCUT2D eigenvalue weighted by molar-refractivity contribution is -0.385. The smallest absolute Gasteiger partial charge is 0.285 e. The lowest BCUT2D eigenvalue weighted by Crippen LogP contribution is -2.25. The number of benzene rings is 1. The van der Waals surface area contributed by atoms with E-state index in [0.29, 0.717) is 6.54 Å². The van der Waals surface area contributed by atoms with Crippen molar-refractivity contribution in [3.63, 3.8) is 0 Å². The molecule has 1 rings (SSSR count). The molecule has 0 radical (unpaired) electrons. The number of amides is 1. The first-order valence-electron chi connectivity index (χ1n) is 6.44. The third-order valence-electron chi connectivity index (χ3n) is 2.86. The normalized spacial score (nSPS) is 10.2. The van der Waals surface area contributed by atoms with Crippen LogP contribution in [0.4, 0.5) is 15.8 Å². The molecule has 0 fully saturated rings. The fourth-order valence-corrected chi connectivity index (χ4v) is 2.25. The number of unbranched alkanes of at least 4 members (excludes halogenated alkanes) is 1. The van der Waals surface area contributed by atoms with E-state index in [1.165, 1.54) is 7.05 Å². The van der Waals surface area contributed by atoms with Gasteiger partial charge >= 0.3 is 0 Å². The highest BCUT2D eigenvalue weighted by Gasteiger charge is 2.23. The Morgan fingerprint density at radius 1 is 1.43 bits per heavy atom. The predicted octanol–water partition coefficient (Wildman–Crippen LogP) is 2.65. The first-order valence-corrected chi connectivity index (χ1v) is 7.83. The molecule has 8 heteroatoms. The monoisotopic (exact) mass is 315 g/mol. The number of nitrogens with zero attached hydrogens (tertiary/aromatic N) is 1. The first-order chi connectivity index (χ1) is 10.0. The molecule has 1 amide bonds. The number of thioether (sulfide) groups is 1. The minimum absolute atomic E-state index is 0.0492. The maximum atomic E-state index is 13.5. The van der Waals surface area contributed by atoms with Crippen LogP contribution in [-0.2, 0) is 0 Å². The Morgan fingerprint density at radius 2 is 2.14 bits per heavy atom. The molecular formula is C13H18FN3O3S. The zero-order valence-corrected chi connectivity index (χ0v) is 12.8. The van der Waals surface area contributed by atoms with Gasteiger partial charge in [0.1, 0.15) is 5.56 Å². The highest BCUT2D eigenvalue weighted by atomic mass is 32.2. The number of anilines is 1. The summed E-state index contributed by atoms with van der Waals surface area (Å²) in [6.45, 7) is 0.433. The molecule has 116 valence electrons. The molecule has 0 aliphatic heterocycles. The molecule has 21 heavy (non-hydrogen) atoms. The number of rotatable bonds is 8. The molecule has 0 saturated heterocycles. The number of carbonyl (C=O) groups is 1. The standard InChI is InChI=1S/C13H18FN3O3S/c1-15-11-7-9(12(17(19)20)8-10(11)14)13(18)16-5-3-4-6-21-2/h7-8,15H,3-6H2,1-2H3,(H,16,18). The molecule has 0 saturated carbocycles. The average Bonchev–Trinajstić information content (AvgIpc) is 2.46. The summed E-state index contributed by atoms with van der Waals surface area (Å²) in [6, 6.07) is 1.92. The minimum atomic E-state index is -0.763. The van der Waals surface area contributed by atoms with E-state index in [4.69, 9.17) is 0 Å². The quantitative estimate of drug-likeness (QED) is 0.438. The predicted molar refractivity (Wildman–Crippen MR) is 82.6 cm³/mol. The van der Waals surface area contributed by atoms with Crippen molar-refractivity contribution in [3.05, 3.63) is 33.6 Å². The Bertz CT molecular complexity index is 526. The van der Waals surface area contributed by atoms with Crippen LogP contribution in [0.25, 0.3) is 0 Å². The van der Waals surface area contributed by atoms with Gasteiger partial charge in [-0.1, -0.05) is 0 Å². The second-order valence-corrected chi connectivity index (χ2v) is 5.30. The zero-order chi connectivity index (χ0) is 15.8. The van der Waals surface area contributed by atoms with Crippen molar-refractivity contribution in [2.75, 3.05) is 30.9 Å². The van der Waals surface area contributed by atoms with Crippen molar-refractivity contribution < 1.29 is 14.1 Å². The SMILES string of the molecule is CNc1cc(C(=O)NCCCCSC)c([N+](=O)[O-])cc1F. The molecule has 0 bridgehead atoms. The van der Waals surface area contributed by atoms with Crippen molar-refractivity contribution in [1.29, 1.82) is 0 Å². The third kappa shape index (κ3) is 4.89. The molecule has 0 aromatic heterocycles. The van der Waals surface area contributed by atoms with E-state index in [1.807, 2.05) is 6.26 Å². The highest BCUT2D eigenvalue weighted by molar-refractivity contribution is 7.98. The van der Waals surface area contributed by atoms with E-state index in [-0.39, 0.29) is 11.3 Å². The van der Waals surface area contributed by atoms with Crippen LogP contribution in [0.1, 0.15) is 23.2 Å². The molecule has 0 aliphatic carbocycles. The number of hydrogen-bond acceptors (Lipinski definition) is 5. The van der Waals surface area contributed by atoms with Crippen molar-refractivity contribution >= 4 is 29.0 Å². The number of nitro groups is 1. The van der Waals surface area contributed by atoms with Gasteiger partial charge in [0, 0.05) is 13.6 Å². The largest absolute Gasteiger partial charge is 0.386 e. The Labute approximate surface area is 126 Å². The summed E-state index contributed by atoms with van der Waals surface area (Å²) in [7, 11) is 1.48. The van der Waals surface area contributed by atoms with Crippen LogP contribution >= 0.6 is 11.8 Å². The van der Waals surface area contributed by atoms with E-state index >= 15 is 0 Å². The Hall–Kier alpha value is -1.83. The number of halogens is 1.